The number of hydrogen-bond acceptors (Lipinski definition) is 4. The van der Waals surface area contributed by atoms with Gasteiger partial charge in [0.1, 0.15) is 6.33 Å². The molecule has 0 radical (unpaired) electrons. The summed E-state index contributed by atoms with van der Waals surface area (Å²) in [7, 11) is 0. The van der Waals surface area contributed by atoms with Crippen LogP contribution in [0.3, 0.4) is 0 Å². The molecule has 130 valence electrons. The summed E-state index contributed by atoms with van der Waals surface area (Å²) in [6.45, 7) is 3.85. The lowest BCUT2D eigenvalue weighted by atomic mass is 10.1. The smallest absolute Gasteiger partial charge is 0.323 e. The van der Waals surface area contributed by atoms with Crippen LogP contribution in [0.4, 0.5) is 24.8 Å². The van der Waals surface area contributed by atoms with Gasteiger partial charge in [-0.15, -0.1) is 5.10 Å². The molecule has 0 spiro atoms. The van der Waals surface area contributed by atoms with Crippen LogP contribution in [-0.2, 0) is 6.18 Å². The van der Waals surface area contributed by atoms with Crippen molar-refractivity contribution in [2.75, 3.05) is 5.32 Å². The number of rotatable bonds is 4. The Morgan fingerprint density at radius 3 is 2.40 bits per heavy atom. The van der Waals surface area contributed by atoms with Gasteiger partial charge in [0, 0.05) is 15.5 Å². The van der Waals surface area contributed by atoms with Gasteiger partial charge in [-0.05, 0) is 55.3 Å². The summed E-state index contributed by atoms with van der Waals surface area (Å²) in [6, 6.07) is 9.18. The SMILES string of the molecule is Cc1cc(Nc2nc[nH]n2)cc(C)c1Sc1cccc(C(F)(F)F)c1. The highest BCUT2D eigenvalue weighted by Crippen LogP contribution is 2.38. The Morgan fingerprint density at radius 2 is 1.80 bits per heavy atom. The van der Waals surface area contributed by atoms with Crippen LogP contribution >= 0.6 is 11.8 Å². The van der Waals surface area contributed by atoms with Crippen LogP contribution in [0, 0.1) is 13.8 Å². The molecule has 0 fully saturated rings. The number of alkyl halides is 3. The van der Waals surface area contributed by atoms with Gasteiger partial charge in [0.15, 0.2) is 0 Å². The number of anilines is 2. The highest BCUT2D eigenvalue weighted by molar-refractivity contribution is 7.99. The van der Waals surface area contributed by atoms with Gasteiger partial charge >= 0.3 is 6.18 Å². The number of aromatic amines is 1. The van der Waals surface area contributed by atoms with Crippen molar-refractivity contribution in [1.82, 2.24) is 15.2 Å². The second-order valence-electron chi connectivity index (χ2n) is 5.51. The van der Waals surface area contributed by atoms with Crippen molar-refractivity contribution in [3.05, 3.63) is 59.4 Å². The van der Waals surface area contributed by atoms with Crippen LogP contribution < -0.4 is 5.32 Å². The van der Waals surface area contributed by atoms with Crippen LogP contribution in [0.2, 0.25) is 0 Å². The maximum atomic E-state index is 12.9. The molecule has 0 saturated heterocycles. The zero-order valence-electron chi connectivity index (χ0n) is 13.5. The Hall–Kier alpha value is -2.48. The minimum absolute atomic E-state index is 0.456. The summed E-state index contributed by atoms with van der Waals surface area (Å²) in [5.74, 6) is 0.456. The van der Waals surface area contributed by atoms with E-state index in [1.165, 1.54) is 30.2 Å². The fraction of sp³-hybridized carbons (Fsp3) is 0.176. The van der Waals surface area contributed by atoms with Gasteiger partial charge in [0.25, 0.3) is 0 Å². The van der Waals surface area contributed by atoms with E-state index in [1.807, 2.05) is 26.0 Å². The number of hydrogen-bond donors (Lipinski definition) is 2. The minimum Gasteiger partial charge on any atom is -0.323 e. The van der Waals surface area contributed by atoms with Crippen molar-refractivity contribution >= 4 is 23.4 Å². The number of nitrogens with one attached hydrogen (secondary N) is 2. The Bertz CT molecular complexity index is 853. The summed E-state index contributed by atoms with van der Waals surface area (Å²) in [5, 5.41) is 9.63. The number of aryl methyl sites for hydroxylation is 2. The molecule has 1 aromatic heterocycles. The molecule has 8 heteroatoms. The van der Waals surface area contributed by atoms with Gasteiger partial charge in [-0.2, -0.15) is 13.2 Å². The van der Waals surface area contributed by atoms with E-state index in [0.717, 1.165) is 27.8 Å². The maximum Gasteiger partial charge on any atom is 0.416 e. The first-order chi connectivity index (χ1) is 11.8. The van der Waals surface area contributed by atoms with Crippen molar-refractivity contribution in [3.8, 4) is 0 Å². The minimum atomic E-state index is -4.34. The van der Waals surface area contributed by atoms with E-state index < -0.39 is 11.7 Å². The van der Waals surface area contributed by atoms with Crippen molar-refractivity contribution in [3.63, 3.8) is 0 Å². The normalized spacial score (nSPS) is 11.6. The molecule has 3 aromatic rings. The molecule has 0 unspecified atom stereocenters. The quantitative estimate of drug-likeness (QED) is 0.656. The lowest BCUT2D eigenvalue weighted by Gasteiger charge is -2.13. The number of nitrogens with zero attached hydrogens (tertiary/aromatic N) is 2. The molecule has 0 atom stereocenters. The second-order valence-corrected chi connectivity index (χ2v) is 6.60. The number of benzene rings is 2. The topological polar surface area (TPSA) is 53.6 Å². The fourth-order valence-corrected chi connectivity index (χ4v) is 3.44. The third-order valence-electron chi connectivity index (χ3n) is 3.51. The van der Waals surface area contributed by atoms with Gasteiger partial charge in [0.05, 0.1) is 5.56 Å². The number of halogens is 3. The summed E-state index contributed by atoms with van der Waals surface area (Å²) in [5.41, 5.74) is 2.10. The third kappa shape index (κ3) is 4.14. The zero-order chi connectivity index (χ0) is 18.0. The van der Waals surface area contributed by atoms with Crippen LogP contribution in [-0.4, -0.2) is 15.2 Å². The molecule has 0 aliphatic heterocycles. The maximum absolute atomic E-state index is 12.9. The van der Waals surface area contributed by atoms with E-state index in [2.05, 4.69) is 20.5 Å². The Morgan fingerprint density at radius 1 is 1.08 bits per heavy atom. The fourth-order valence-electron chi connectivity index (χ4n) is 2.44. The van der Waals surface area contributed by atoms with Crippen molar-refractivity contribution < 1.29 is 13.2 Å². The number of H-pyrrole nitrogens is 1. The summed E-state index contributed by atoms with van der Waals surface area (Å²) in [6.07, 6.45) is -2.87. The molecule has 1 heterocycles. The molecule has 0 aliphatic carbocycles. The molecule has 0 aliphatic rings. The Labute approximate surface area is 146 Å². The van der Waals surface area contributed by atoms with E-state index >= 15 is 0 Å². The van der Waals surface area contributed by atoms with Gasteiger partial charge in [-0.25, -0.2) is 4.98 Å². The molecule has 0 saturated carbocycles. The second kappa shape index (κ2) is 6.79. The predicted molar refractivity (Wildman–Crippen MR) is 91.1 cm³/mol. The first kappa shape index (κ1) is 17.3. The highest BCUT2D eigenvalue weighted by Gasteiger charge is 2.30. The summed E-state index contributed by atoms with van der Waals surface area (Å²) >= 11 is 1.32. The van der Waals surface area contributed by atoms with Gasteiger partial charge in [-0.3, -0.25) is 5.10 Å². The molecule has 2 N–H and O–H groups in total. The van der Waals surface area contributed by atoms with E-state index in [9.17, 15) is 13.2 Å². The lowest BCUT2D eigenvalue weighted by molar-refractivity contribution is -0.137. The van der Waals surface area contributed by atoms with Crippen LogP contribution in [0.1, 0.15) is 16.7 Å². The molecule has 2 aromatic carbocycles. The zero-order valence-corrected chi connectivity index (χ0v) is 14.3. The summed E-state index contributed by atoms with van der Waals surface area (Å²) < 4.78 is 38.6. The van der Waals surface area contributed by atoms with Gasteiger partial charge < -0.3 is 5.32 Å². The van der Waals surface area contributed by atoms with Gasteiger partial charge in [-0.1, -0.05) is 17.8 Å². The van der Waals surface area contributed by atoms with Crippen LogP contribution in [0.25, 0.3) is 0 Å². The highest BCUT2D eigenvalue weighted by atomic mass is 32.2. The average Bonchev–Trinajstić information content (AvgIpc) is 3.03. The van der Waals surface area contributed by atoms with E-state index in [1.54, 1.807) is 6.07 Å². The largest absolute Gasteiger partial charge is 0.416 e. The first-order valence-electron chi connectivity index (χ1n) is 7.42. The number of aromatic nitrogens is 3. The standard InChI is InChI=1S/C17H15F3N4S/c1-10-6-13(23-16-21-9-22-24-16)7-11(2)15(10)25-14-5-3-4-12(8-14)17(18,19)20/h3-9H,1-2H3,(H2,21,22,23,24). The molecule has 0 amide bonds. The predicted octanol–water partition coefficient (Wildman–Crippen LogP) is 5.34. The molecule has 4 nitrogen and oxygen atoms in total. The summed E-state index contributed by atoms with van der Waals surface area (Å²) in [4.78, 5) is 5.49. The van der Waals surface area contributed by atoms with Crippen LogP contribution in [0.15, 0.2) is 52.5 Å². The van der Waals surface area contributed by atoms with Crippen molar-refractivity contribution in [2.45, 2.75) is 29.8 Å². The first-order valence-corrected chi connectivity index (χ1v) is 8.24. The molecular weight excluding hydrogens is 349 g/mol. The van der Waals surface area contributed by atoms with Gasteiger partial charge in [0.2, 0.25) is 5.95 Å². The van der Waals surface area contributed by atoms with E-state index in [0.29, 0.717) is 10.8 Å². The molecule has 3 rings (SSSR count). The van der Waals surface area contributed by atoms with E-state index in [-0.39, 0.29) is 0 Å². The molecule has 0 bridgehead atoms. The molecule has 25 heavy (non-hydrogen) atoms. The third-order valence-corrected chi connectivity index (χ3v) is 4.85. The monoisotopic (exact) mass is 364 g/mol. The van der Waals surface area contributed by atoms with Crippen molar-refractivity contribution in [1.29, 1.82) is 0 Å². The lowest BCUT2D eigenvalue weighted by Crippen LogP contribution is -2.04. The van der Waals surface area contributed by atoms with Crippen molar-refractivity contribution in [2.24, 2.45) is 0 Å². The average molecular weight is 364 g/mol. The Kier molecular flexibility index (Phi) is 4.71. The van der Waals surface area contributed by atoms with Crippen LogP contribution in [0.5, 0.6) is 0 Å². The Balaban J connectivity index is 1.86. The molecular formula is C17H15F3N4S. The van der Waals surface area contributed by atoms with E-state index in [4.69, 9.17) is 0 Å².